The fourth-order valence-electron chi connectivity index (χ4n) is 7.16. The first-order chi connectivity index (χ1) is 19.7. The van der Waals surface area contributed by atoms with Crippen LogP contribution in [0.3, 0.4) is 0 Å². The van der Waals surface area contributed by atoms with Crippen LogP contribution in [0.1, 0.15) is 50.2 Å². The predicted octanol–water partition coefficient (Wildman–Crippen LogP) is 4.15. The molecule has 3 heterocycles. The van der Waals surface area contributed by atoms with Crippen LogP contribution < -0.4 is 15.4 Å². The lowest BCUT2D eigenvalue weighted by atomic mass is 9.70. The van der Waals surface area contributed by atoms with Gasteiger partial charge in [-0.25, -0.2) is 0 Å². The molecule has 5 atom stereocenters. The maximum atomic E-state index is 14.3. The molecule has 2 aromatic rings. The number of fused-ring (bicyclic) bond motifs is 1. The van der Waals surface area contributed by atoms with Crippen LogP contribution in [0, 0.1) is 11.8 Å². The van der Waals surface area contributed by atoms with Gasteiger partial charge in [0, 0.05) is 24.2 Å². The van der Waals surface area contributed by atoms with Crippen LogP contribution in [0.5, 0.6) is 5.75 Å². The van der Waals surface area contributed by atoms with Gasteiger partial charge >= 0.3 is 0 Å². The Morgan fingerprint density at radius 2 is 1.68 bits per heavy atom. The summed E-state index contributed by atoms with van der Waals surface area (Å²) in [6.45, 7) is 2.35. The number of nitrogens with zero attached hydrogens (tertiary/aromatic N) is 1. The van der Waals surface area contributed by atoms with Crippen molar-refractivity contribution < 1.29 is 23.9 Å². The van der Waals surface area contributed by atoms with Gasteiger partial charge in [0.2, 0.25) is 17.7 Å². The lowest BCUT2D eigenvalue weighted by molar-refractivity contribution is -0.145. The molecule has 0 aromatic heterocycles. The van der Waals surface area contributed by atoms with Gasteiger partial charge in [0.25, 0.3) is 0 Å². The molecule has 9 heteroatoms. The van der Waals surface area contributed by atoms with Gasteiger partial charge in [-0.2, -0.15) is 0 Å². The largest absolute Gasteiger partial charge is 0.497 e. The Morgan fingerprint density at radius 3 is 2.37 bits per heavy atom. The van der Waals surface area contributed by atoms with Crippen LogP contribution in [0.4, 0.5) is 0 Å². The third-order valence-corrected chi connectivity index (χ3v) is 9.42. The summed E-state index contributed by atoms with van der Waals surface area (Å²) in [5, 5.41) is 6.84. The number of amides is 3. The third-order valence-electron chi connectivity index (χ3n) is 9.17. The molecule has 2 bridgehead atoms. The molecule has 0 unspecified atom stereocenters. The zero-order chi connectivity index (χ0) is 28.8. The molecule has 1 aliphatic carbocycles. The highest BCUT2D eigenvalue weighted by Crippen LogP contribution is 2.59. The quantitative estimate of drug-likeness (QED) is 0.459. The number of rotatable bonds is 8. The molecule has 2 N–H and O–H groups in total. The van der Waals surface area contributed by atoms with E-state index in [1.54, 1.807) is 24.1 Å². The number of nitrogens with one attached hydrogen (secondary N) is 2. The average Bonchev–Trinajstić information content (AvgIpc) is 3.54. The number of carbonyl (C=O) groups excluding carboxylic acids is 3. The van der Waals surface area contributed by atoms with Gasteiger partial charge in [-0.15, -0.1) is 0 Å². The average molecular weight is 578 g/mol. The van der Waals surface area contributed by atoms with Crippen LogP contribution in [-0.4, -0.2) is 53.0 Å². The molecule has 2 saturated heterocycles. The van der Waals surface area contributed by atoms with Crippen LogP contribution in [0.2, 0.25) is 5.02 Å². The van der Waals surface area contributed by atoms with Crippen molar-refractivity contribution in [3.05, 3.63) is 76.8 Å². The fraction of sp³-hybridized carbons (Fsp3) is 0.469. The second kappa shape index (κ2) is 10.8. The van der Waals surface area contributed by atoms with E-state index in [2.05, 4.69) is 10.6 Å². The zero-order valence-electron chi connectivity index (χ0n) is 23.4. The molecule has 4 aliphatic rings. The summed E-state index contributed by atoms with van der Waals surface area (Å²) >= 11 is 6.11. The molecule has 3 amide bonds. The number of ether oxygens (including phenoxy) is 2. The lowest BCUT2D eigenvalue weighted by Gasteiger charge is -2.34. The minimum Gasteiger partial charge on any atom is -0.497 e. The highest BCUT2D eigenvalue weighted by atomic mass is 35.5. The van der Waals surface area contributed by atoms with Gasteiger partial charge in [-0.1, -0.05) is 67.3 Å². The van der Waals surface area contributed by atoms with E-state index in [1.165, 1.54) is 6.42 Å². The van der Waals surface area contributed by atoms with Gasteiger partial charge in [0.1, 0.15) is 17.4 Å². The number of benzene rings is 2. The van der Waals surface area contributed by atoms with Gasteiger partial charge in [-0.3, -0.25) is 14.4 Å². The Kier molecular flexibility index (Phi) is 7.32. The van der Waals surface area contributed by atoms with Crippen molar-refractivity contribution in [1.29, 1.82) is 0 Å². The van der Waals surface area contributed by atoms with E-state index in [4.69, 9.17) is 21.1 Å². The summed E-state index contributed by atoms with van der Waals surface area (Å²) in [6.07, 6.45) is 8.87. The second-order valence-electron chi connectivity index (χ2n) is 11.8. The number of likely N-dealkylation sites (tertiary alicyclic amines) is 1. The van der Waals surface area contributed by atoms with Gasteiger partial charge in [0.05, 0.1) is 24.5 Å². The number of halogens is 1. The fourth-order valence-corrected chi connectivity index (χ4v) is 7.28. The van der Waals surface area contributed by atoms with E-state index in [0.717, 1.165) is 42.6 Å². The minimum absolute atomic E-state index is 0.0703. The van der Waals surface area contributed by atoms with E-state index in [0.29, 0.717) is 11.6 Å². The summed E-state index contributed by atoms with van der Waals surface area (Å²) in [4.78, 5) is 43.7. The van der Waals surface area contributed by atoms with E-state index >= 15 is 0 Å². The maximum Gasteiger partial charge on any atom is 0.246 e. The van der Waals surface area contributed by atoms with Crippen LogP contribution >= 0.6 is 11.6 Å². The van der Waals surface area contributed by atoms with Crippen LogP contribution in [-0.2, 0) is 32.2 Å². The lowest BCUT2D eigenvalue weighted by Crippen LogP contribution is -2.56. The van der Waals surface area contributed by atoms with E-state index in [1.807, 2.05) is 55.5 Å². The van der Waals surface area contributed by atoms with Crippen LogP contribution in [0.25, 0.3) is 0 Å². The van der Waals surface area contributed by atoms with Crippen molar-refractivity contribution in [2.24, 2.45) is 11.8 Å². The Bertz CT molecular complexity index is 1360. The Labute approximate surface area is 245 Å². The standard InChI is InChI=1S/C32H36ClN3O5/c1-31-16-17-32(41-31)26(25(31)28(37)34-18-20-10-14-24(40-2)15-11-20)30(39)36(19-21-8-12-22(33)13-9-21)27(32)29(38)35-23-6-4-3-5-7-23/h8-17,23,25-27H,3-7,18-19H2,1-2H3,(H,34,37)(H,35,38)/t25-,26+,27-,31+,32+/m1/s1. The molecule has 6 rings (SSSR count). The number of hydrogen-bond acceptors (Lipinski definition) is 5. The molecule has 41 heavy (non-hydrogen) atoms. The van der Waals surface area contributed by atoms with Gasteiger partial charge in [0.15, 0.2) is 0 Å². The molecule has 3 aliphatic heterocycles. The van der Waals surface area contributed by atoms with Crippen LogP contribution in [0.15, 0.2) is 60.7 Å². The Hall–Kier alpha value is -3.36. The molecule has 3 fully saturated rings. The number of methoxy groups -OCH3 is 1. The summed E-state index contributed by atoms with van der Waals surface area (Å²) < 4.78 is 11.9. The van der Waals surface area contributed by atoms with E-state index < -0.39 is 29.1 Å². The third kappa shape index (κ3) is 4.91. The highest BCUT2D eigenvalue weighted by Gasteiger charge is 2.76. The minimum atomic E-state index is -1.22. The maximum absolute atomic E-state index is 14.3. The molecule has 0 radical (unpaired) electrons. The van der Waals surface area contributed by atoms with Crippen molar-refractivity contribution in [1.82, 2.24) is 15.5 Å². The summed E-state index contributed by atoms with van der Waals surface area (Å²) in [6, 6.07) is 13.9. The molecule has 8 nitrogen and oxygen atoms in total. The topological polar surface area (TPSA) is 97.0 Å². The number of hydrogen-bond donors (Lipinski definition) is 2. The van der Waals surface area contributed by atoms with Crippen molar-refractivity contribution in [3.8, 4) is 5.75 Å². The highest BCUT2D eigenvalue weighted by molar-refractivity contribution is 6.30. The second-order valence-corrected chi connectivity index (χ2v) is 12.3. The summed E-state index contributed by atoms with van der Waals surface area (Å²) in [5.41, 5.74) is -0.468. The molecular weight excluding hydrogens is 542 g/mol. The smallest absolute Gasteiger partial charge is 0.246 e. The molecule has 1 spiro atoms. The molecule has 216 valence electrons. The normalized spacial score (nSPS) is 30.4. The van der Waals surface area contributed by atoms with E-state index in [-0.39, 0.29) is 30.3 Å². The SMILES string of the molecule is COc1ccc(CNC(=O)[C@H]2[C@H]3C(=O)N(Cc4ccc(Cl)cc4)[C@H](C(=O)NC4CCCCC4)[C@]34C=C[C@]2(C)O4)cc1. The first-order valence-electron chi connectivity index (χ1n) is 14.4. The van der Waals surface area contributed by atoms with Gasteiger partial charge in [-0.05, 0) is 55.2 Å². The van der Waals surface area contributed by atoms with Crippen molar-refractivity contribution >= 4 is 29.3 Å². The zero-order valence-corrected chi connectivity index (χ0v) is 24.2. The molecular formula is C32H36ClN3O5. The monoisotopic (exact) mass is 577 g/mol. The summed E-state index contributed by atoms with van der Waals surface area (Å²) in [5.74, 6) is -1.61. The first kappa shape index (κ1) is 27.8. The van der Waals surface area contributed by atoms with Crippen molar-refractivity contribution in [2.45, 2.75) is 75.4 Å². The number of carbonyl (C=O) groups is 3. The first-order valence-corrected chi connectivity index (χ1v) is 14.8. The van der Waals surface area contributed by atoms with Crippen molar-refractivity contribution in [2.75, 3.05) is 7.11 Å². The predicted molar refractivity (Wildman–Crippen MR) is 154 cm³/mol. The molecule has 1 saturated carbocycles. The molecule has 2 aromatic carbocycles. The Morgan fingerprint density at radius 1 is 1.00 bits per heavy atom. The van der Waals surface area contributed by atoms with E-state index in [9.17, 15) is 14.4 Å². The summed E-state index contributed by atoms with van der Waals surface area (Å²) in [7, 11) is 1.60. The van der Waals surface area contributed by atoms with Gasteiger partial charge < -0.3 is 25.0 Å². The Balaban J connectivity index is 1.29. The van der Waals surface area contributed by atoms with Crippen molar-refractivity contribution in [3.63, 3.8) is 0 Å².